The third kappa shape index (κ3) is 4.24. The van der Waals surface area contributed by atoms with E-state index >= 15 is 0 Å². The second-order valence-electron chi connectivity index (χ2n) is 5.89. The molecule has 0 aliphatic heterocycles. The van der Waals surface area contributed by atoms with Crippen molar-refractivity contribution in [3.63, 3.8) is 0 Å². The van der Waals surface area contributed by atoms with Gasteiger partial charge < -0.3 is 10.1 Å². The van der Waals surface area contributed by atoms with Gasteiger partial charge in [-0.05, 0) is 56.4 Å². The van der Waals surface area contributed by atoms with Crippen LogP contribution in [0.4, 0.5) is 0 Å². The first-order valence-electron chi connectivity index (χ1n) is 7.63. The van der Waals surface area contributed by atoms with Crippen LogP contribution in [0.5, 0.6) is 5.75 Å². The Labute approximate surface area is 144 Å². The molecule has 1 fully saturated rings. The zero-order chi connectivity index (χ0) is 16.4. The molecule has 122 valence electrons. The molecular formula is C17H19ClN2O2S. The van der Waals surface area contributed by atoms with Gasteiger partial charge >= 0.3 is 0 Å². The number of nitrogens with one attached hydrogen (secondary N) is 1. The summed E-state index contributed by atoms with van der Waals surface area (Å²) in [7, 11) is 0. The van der Waals surface area contributed by atoms with Gasteiger partial charge in [0.25, 0.3) is 5.91 Å². The van der Waals surface area contributed by atoms with Crippen molar-refractivity contribution in [2.24, 2.45) is 5.92 Å². The van der Waals surface area contributed by atoms with Crippen molar-refractivity contribution in [3.05, 3.63) is 44.9 Å². The lowest BCUT2D eigenvalue weighted by atomic mass is 10.2. The van der Waals surface area contributed by atoms with Gasteiger partial charge in [-0.15, -0.1) is 11.3 Å². The highest BCUT2D eigenvalue weighted by Crippen LogP contribution is 2.42. The number of carbonyl (C=O) groups is 1. The fraction of sp³-hybridized carbons (Fsp3) is 0.412. The molecule has 2 aromatic rings. The van der Waals surface area contributed by atoms with Crippen molar-refractivity contribution < 1.29 is 9.53 Å². The number of hydrogen-bond donors (Lipinski definition) is 1. The molecule has 1 amide bonds. The quantitative estimate of drug-likeness (QED) is 0.854. The molecule has 23 heavy (non-hydrogen) atoms. The van der Waals surface area contributed by atoms with Gasteiger partial charge in [0, 0.05) is 16.1 Å². The van der Waals surface area contributed by atoms with Crippen LogP contribution in [-0.2, 0) is 4.79 Å². The van der Waals surface area contributed by atoms with Crippen LogP contribution in [0.25, 0.3) is 0 Å². The van der Waals surface area contributed by atoms with Crippen molar-refractivity contribution in [2.75, 3.05) is 6.61 Å². The van der Waals surface area contributed by atoms with E-state index in [4.69, 9.17) is 16.3 Å². The lowest BCUT2D eigenvalue weighted by molar-refractivity contribution is -0.124. The van der Waals surface area contributed by atoms with Gasteiger partial charge in [0.2, 0.25) is 0 Å². The van der Waals surface area contributed by atoms with E-state index in [0.717, 1.165) is 28.3 Å². The van der Waals surface area contributed by atoms with Gasteiger partial charge in [-0.3, -0.25) is 4.79 Å². The molecule has 1 aromatic carbocycles. The smallest absolute Gasteiger partial charge is 0.258 e. The Hall–Kier alpha value is -1.59. The van der Waals surface area contributed by atoms with Crippen LogP contribution in [0.3, 0.4) is 0 Å². The summed E-state index contributed by atoms with van der Waals surface area (Å²) in [6.45, 7) is 3.93. The Balaban J connectivity index is 1.58. The number of nitrogens with zero attached hydrogens (tertiary/aromatic N) is 1. The fourth-order valence-electron chi connectivity index (χ4n) is 2.40. The number of thiazole rings is 1. The van der Waals surface area contributed by atoms with Crippen LogP contribution >= 0.6 is 22.9 Å². The highest BCUT2D eigenvalue weighted by atomic mass is 35.5. The van der Waals surface area contributed by atoms with Crippen molar-refractivity contribution in [1.29, 1.82) is 0 Å². The molecule has 1 saturated carbocycles. The van der Waals surface area contributed by atoms with E-state index in [1.54, 1.807) is 23.5 Å². The fourth-order valence-corrected chi connectivity index (χ4v) is 3.43. The minimum absolute atomic E-state index is 0.00531. The maximum Gasteiger partial charge on any atom is 0.258 e. The minimum atomic E-state index is -0.123. The lowest BCUT2D eigenvalue weighted by Crippen LogP contribution is -2.33. The van der Waals surface area contributed by atoms with E-state index in [-0.39, 0.29) is 18.6 Å². The minimum Gasteiger partial charge on any atom is -0.484 e. The first-order chi connectivity index (χ1) is 11.0. The van der Waals surface area contributed by atoms with Gasteiger partial charge in [-0.1, -0.05) is 11.6 Å². The molecule has 1 atom stereocenters. The zero-order valence-corrected chi connectivity index (χ0v) is 14.7. The molecule has 6 heteroatoms. The zero-order valence-electron chi connectivity index (χ0n) is 13.1. The van der Waals surface area contributed by atoms with Gasteiger partial charge in [0.05, 0.1) is 6.04 Å². The molecule has 0 bridgehead atoms. The van der Waals surface area contributed by atoms with E-state index in [1.807, 2.05) is 26.1 Å². The van der Waals surface area contributed by atoms with Crippen LogP contribution in [0.2, 0.25) is 5.02 Å². The van der Waals surface area contributed by atoms with Crippen LogP contribution in [0, 0.1) is 19.8 Å². The number of hydrogen-bond acceptors (Lipinski definition) is 4. The molecule has 1 N–H and O–H groups in total. The summed E-state index contributed by atoms with van der Waals surface area (Å²) in [6, 6.07) is 5.38. The number of halogens is 1. The van der Waals surface area contributed by atoms with Crippen molar-refractivity contribution in [2.45, 2.75) is 32.7 Å². The normalized spacial score (nSPS) is 15.3. The van der Waals surface area contributed by atoms with E-state index in [9.17, 15) is 4.79 Å². The van der Waals surface area contributed by atoms with Gasteiger partial charge in [-0.2, -0.15) is 0 Å². The Morgan fingerprint density at radius 2 is 2.26 bits per heavy atom. The Morgan fingerprint density at radius 3 is 2.87 bits per heavy atom. The van der Waals surface area contributed by atoms with Crippen LogP contribution in [0.1, 0.15) is 34.3 Å². The standard InChI is InChI=1S/C17H19ClN2O2S/c1-10-7-13(5-6-14(10)18)22-9-15(21)20-16(12-3-4-12)17-19-8-11(2)23-17/h5-8,12,16H,3-4,9H2,1-2H3,(H,20,21)/t16-/m1/s1. The number of rotatable bonds is 6. The molecule has 0 unspecified atom stereocenters. The van der Waals surface area contributed by atoms with E-state index in [1.165, 1.54) is 0 Å². The monoisotopic (exact) mass is 350 g/mol. The summed E-state index contributed by atoms with van der Waals surface area (Å²) in [5.74, 6) is 1.03. The molecule has 0 radical (unpaired) electrons. The third-order valence-electron chi connectivity index (χ3n) is 3.81. The lowest BCUT2D eigenvalue weighted by Gasteiger charge is -2.16. The molecule has 4 nitrogen and oxygen atoms in total. The molecule has 1 aliphatic rings. The van der Waals surface area contributed by atoms with Gasteiger partial charge in [-0.25, -0.2) is 4.98 Å². The average Bonchev–Trinajstić information content (AvgIpc) is 3.27. The van der Waals surface area contributed by atoms with E-state index in [2.05, 4.69) is 10.3 Å². The summed E-state index contributed by atoms with van der Waals surface area (Å²) in [6.07, 6.45) is 4.14. The summed E-state index contributed by atoms with van der Waals surface area (Å²) < 4.78 is 5.56. The largest absolute Gasteiger partial charge is 0.484 e. The topological polar surface area (TPSA) is 51.2 Å². The summed E-state index contributed by atoms with van der Waals surface area (Å²) in [4.78, 5) is 17.8. The number of aryl methyl sites for hydroxylation is 2. The van der Waals surface area contributed by atoms with Crippen LogP contribution in [0.15, 0.2) is 24.4 Å². The van der Waals surface area contributed by atoms with Gasteiger partial charge in [0.15, 0.2) is 6.61 Å². The maximum atomic E-state index is 12.2. The first kappa shape index (κ1) is 16.3. The molecule has 1 heterocycles. The number of amides is 1. The molecule has 0 saturated heterocycles. The number of aromatic nitrogens is 1. The highest BCUT2D eigenvalue weighted by Gasteiger charge is 2.35. The maximum absolute atomic E-state index is 12.2. The Morgan fingerprint density at radius 1 is 1.48 bits per heavy atom. The predicted molar refractivity (Wildman–Crippen MR) is 92.1 cm³/mol. The molecule has 0 spiro atoms. The van der Waals surface area contributed by atoms with Crippen molar-refractivity contribution in [1.82, 2.24) is 10.3 Å². The summed E-state index contributed by atoms with van der Waals surface area (Å²) in [5, 5.41) is 4.74. The van der Waals surface area contributed by atoms with Crippen LogP contribution in [-0.4, -0.2) is 17.5 Å². The Bertz CT molecular complexity index is 712. The predicted octanol–water partition coefficient (Wildman–Crippen LogP) is 4.06. The van der Waals surface area contributed by atoms with Gasteiger partial charge in [0.1, 0.15) is 10.8 Å². The molecule has 3 rings (SSSR count). The van der Waals surface area contributed by atoms with Crippen molar-refractivity contribution in [3.8, 4) is 5.75 Å². The van der Waals surface area contributed by atoms with Crippen molar-refractivity contribution >= 4 is 28.8 Å². The Kier molecular flexibility index (Phi) is 4.87. The number of carbonyl (C=O) groups excluding carboxylic acids is 1. The van der Waals surface area contributed by atoms with E-state index < -0.39 is 0 Å². The molecular weight excluding hydrogens is 332 g/mol. The second kappa shape index (κ2) is 6.89. The third-order valence-corrected chi connectivity index (χ3v) is 5.23. The summed E-state index contributed by atoms with van der Waals surface area (Å²) >= 11 is 7.63. The number of benzene rings is 1. The molecule has 1 aliphatic carbocycles. The van der Waals surface area contributed by atoms with E-state index in [0.29, 0.717) is 16.7 Å². The summed E-state index contributed by atoms with van der Waals surface area (Å²) in [5.41, 5.74) is 0.929. The SMILES string of the molecule is Cc1cnc([C@H](NC(=O)COc2ccc(Cl)c(C)c2)C2CC2)s1. The number of ether oxygens (including phenoxy) is 1. The average molecular weight is 351 g/mol. The second-order valence-corrected chi connectivity index (χ2v) is 7.56. The first-order valence-corrected chi connectivity index (χ1v) is 8.83. The molecule has 1 aromatic heterocycles. The highest BCUT2D eigenvalue weighted by molar-refractivity contribution is 7.11. The van der Waals surface area contributed by atoms with Crippen LogP contribution < -0.4 is 10.1 Å².